The minimum Gasteiger partial charge on any atom is -0.493 e. The number of nitrogens with one attached hydrogen (secondary N) is 2. The minimum atomic E-state index is -0.310. The molecule has 0 atom stereocenters. The number of amides is 1. The first-order valence-corrected chi connectivity index (χ1v) is 13.0. The van der Waals surface area contributed by atoms with E-state index in [9.17, 15) is 4.79 Å². The van der Waals surface area contributed by atoms with Crippen molar-refractivity contribution in [3.8, 4) is 17.2 Å². The van der Waals surface area contributed by atoms with Gasteiger partial charge in [0.05, 0.1) is 30.4 Å². The number of aromatic nitrogens is 1. The number of hydrogen-bond donors (Lipinski definition) is 2. The molecule has 1 aliphatic carbocycles. The Bertz CT molecular complexity index is 1510. The molecule has 39 heavy (non-hydrogen) atoms. The van der Waals surface area contributed by atoms with E-state index in [1.165, 1.54) is 5.56 Å². The van der Waals surface area contributed by atoms with Gasteiger partial charge >= 0.3 is 0 Å². The van der Waals surface area contributed by atoms with E-state index in [4.69, 9.17) is 42.4 Å². The van der Waals surface area contributed by atoms with Gasteiger partial charge in [-0.05, 0) is 79.8 Å². The molecule has 0 spiro atoms. The SMILES string of the molecule is COc1ccc(Nc2c3c(nc4ccc(NC(=O)COc5ccc(Cl)cc5Cl)cc24)CCCC3)cc1OC.Cl. The number of aryl methyl sites for hydroxylation is 1. The van der Waals surface area contributed by atoms with Crippen molar-refractivity contribution in [1.82, 2.24) is 4.98 Å². The average Bonchev–Trinajstić information content (AvgIpc) is 2.92. The number of anilines is 3. The quantitative estimate of drug-likeness (QED) is 0.220. The second-order valence-electron chi connectivity index (χ2n) is 8.96. The summed E-state index contributed by atoms with van der Waals surface area (Å²) in [6, 6.07) is 16.3. The zero-order valence-electron chi connectivity index (χ0n) is 21.5. The summed E-state index contributed by atoms with van der Waals surface area (Å²) in [6.45, 7) is -0.196. The lowest BCUT2D eigenvalue weighted by Crippen LogP contribution is -2.20. The van der Waals surface area contributed by atoms with Gasteiger partial charge in [-0.15, -0.1) is 12.4 Å². The first-order valence-electron chi connectivity index (χ1n) is 12.3. The van der Waals surface area contributed by atoms with Crippen LogP contribution in [0, 0.1) is 0 Å². The molecule has 1 aliphatic rings. The maximum atomic E-state index is 12.7. The zero-order valence-corrected chi connectivity index (χ0v) is 23.8. The van der Waals surface area contributed by atoms with Crippen LogP contribution in [-0.4, -0.2) is 31.7 Å². The van der Waals surface area contributed by atoms with E-state index in [0.29, 0.717) is 33.0 Å². The van der Waals surface area contributed by atoms with Crippen molar-refractivity contribution in [1.29, 1.82) is 0 Å². The summed E-state index contributed by atoms with van der Waals surface area (Å²) in [6.07, 6.45) is 4.09. The van der Waals surface area contributed by atoms with Gasteiger partial charge in [-0.2, -0.15) is 0 Å². The molecule has 0 saturated heterocycles. The predicted molar refractivity (Wildman–Crippen MR) is 159 cm³/mol. The Kier molecular flexibility index (Phi) is 9.28. The van der Waals surface area contributed by atoms with Gasteiger partial charge in [0.25, 0.3) is 5.91 Å². The number of pyridine rings is 1. The van der Waals surface area contributed by atoms with Gasteiger partial charge < -0.3 is 24.8 Å². The average molecular weight is 589 g/mol. The summed E-state index contributed by atoms with van der Waals surface area (Å²) in [7, 11) is 3.23. The number of carbonyl (C=O) groups is 1. The van der Waals surface area contributed by atoms with Crippen LogP contribution in [0.1, 0.15) is 24.1 Å². The molecule has 7 nitrogen and oxygen atoms in total. The molecule has 0 bridgehead atoms. The van der Waals surface area contributed by atoms with E-state index in [1.54, 1.807) is 32.4 Å². The Morgan fingerprint density at radius 1 is 0.897 bits per heavy atom. The molecule has 0 radical (unpaired) electrons. The molecule has 4 aromatic rings. The van der Waals surface area contributed by atoms with Crippen LogP contribution in [0.3, 0.4) is 0 Å². The molecule has 1 amide bonds. The van der Waals surface area contributed by atoms with Crippen molar-refractivity contribution in [3.05, 3.63) is 75.9 Å². The summed E-state index contributed by atoms with van der Waals surface area (Å²) in [5.41, 5.74) is 5.65. The van der Waals surface area contributed by atoms with Crippen molar-refractivity contribution in [2.45, 2.75) is 25.7 Å². The number of benzene rings is 3. The van der Waals surface area contributed by atoms with Crippen LogP contribution in [0.2, 0.25) is 10.0 Å². The fourth-order valence-corrected chi connectivity index (χ4v) is 5.10. The number of ether oxygens (including phenoxy) is 3. The van der Waals surface area contributed by atoms with Crippen LogP contribution in [0.4, 0.5) is 17.1 Å². The third kappa shape index (κ3) is 6.44. The molecule has 0 aliphatic heterocycles. The Labute approximate surface area is 243 Å². The maximum Gasteiger partial charge on any atom is 0.262 e. The molecule has 1 aromatic heterocycles. The number of rotatable bonds is 8. The minimum absolute atomic E-state index is 0. The lowest BCUT2D eigenvalue weighted by molar-refractivity contribution is -0.118. The number of halogens is 3. The maximum absolute atomic E-state index is 12.7. The largest absolute Gasteiger partial charge is 0.493 e. The van der Waals surface area contributed by atoms with Crippen LogP contribution < -0.4 is 24.8 Å². The molecule has 1 heterocycles. The van der Waals surface area contributed by atoms with Crippen LogP contribution in [-0.2, 0) is 17.6 Å². The van der Waals surface area contributed by atoms with Crippen molar-refractivity contribution < 1.29 is 19.0 Å². The number of nitrogens with zero attached hydrogens (tertiary/aromatic N) is 1. The monoisotopic (exact) mass is 587 g/mol. The highest BCUT2D eigenvalue weighted by molar-refractivity contribution is 6.35. The Balaban J connectivity index is 0.00000353. The van der Waals surface area contributed by atoms with Crippen LogP contribution in [0.15, 0.2) is 54.6 Å². The molecule has 0 unspecified atom stereocenters. The lowest BCUT2D eigenvalue weighted by atomic mass is 9.92. The molecule has 204 valence electrons. The highest BCUT2D eigenvalue weighted by Gasteiger charge is 2.20. The van der Waals surface area contributed by atoms with Gasteiger partial charge in [-0.3, -0.25) is 9.78 Å². The third-order valence-corrected chi connectivity index (χ3v) is 6.98. The van der Waals surface area contributed by atoms with Crippen molar-refractivity contribution >= 4 is 69.5 Å². The summed E-state index contributed by atoms with van der Waals surface area (Å²) < 4.78 is 16.5. The van der Waals surface area contributed by atoms with Crippen LogP contribution in [0.5, 0.6) is 17.2 Å². The Hall–Kier alpha value is -3.39. The molecule has 10 heteroatoms. The summed E-state index contributed by atoms with van der Waals surface area (Å²) in [5, 5.41) is 8.27. The predicted octanol–water partition coefficient (Wildman–Crippen LogP) is 7.62. The summed E-state index contributed by atoms with van der Waals surface area (Å²) in [5.74, 6) is 1.38. The topological polar surface area (TPSA) is 81.7 Å². The van der Waals surface area contributed by atoms with Crippen molar-refractivity contribution in [3.63, 3.8) is 0 Å². The molecular formula is C29H28Cl3N3O4. The van der Waals surface area contributed by atoms with Gasteiger partial charge in [-0.25, -0.2) is 0 Å². The van der Waals surface area contributed by atoms with Gasteiger partial charge in [0, 0.05) is 33.5 Å². The van der Waals surface area contributed by atoms with Gasteiger partial charge in [0.1, 0.15) is 5.75 Å². The number of methoxy groups -OCH3 is 2. The molecular weight excluding hydrogens is 561 g/mol. The van der Waals surface area contributed by atoms with E-state index in [-0.39, 0.29) is 24.9 Å². The highest BCUT2D eigenvalue weighted by atomic mass is 35.5. The highest BCUT2D eigenvalue weighted by Crippen LogP contribution is 2.38. The molecule has 5 rings (SSSR count). The van der Waals surface area contributed by atoms with Crippen molar-refractivity contribution in [2.24, 2.45) is 0 Å². The fraction of sp³-hybridized carbons (Fsp3) is 0.241. The molecule has 3 aromatic carbocycles. The Morgan fingerprint density at radius 3 is 2.41 bits per heavy atom. The van der Waals surface area contributed by atoms with Crippen LogP contribution in [0.25, 0.3) is 10.9 Å². The van der Waals surface area contributed by atoms with E-state index < -0.39 is 0 Å². The standard InChI is InChI=1S/C29H27Cl2N3O4.ClH/c1-36-26-12-9-19(15-27(26)37-2)33-29-20-5-3-4-6-23(20)34-24-10-8-18(14-21(24)29)32-28(35)16-38-25-11-7-17(30)13-22(25)31;/h7-15H,3-6,16H2,1-2H3,(H,32,35)(H,33,34);1H. The molecule has 0 saturated carbocycles. The van der Waals surface area contributed by atoms with Gasteiger partial charge in [0.15, 0.2) is 18.1 Å². The Morgan fingerprint density at radius 2 is 1.64 bits per heavy atom. The zero-order chi connectivity index (χ0) is 26.6. The number of fused-ring (bicyclic) bond motifs is 2. The smallest absolute Gasteiger partial charge is 0.262 e. The van der Waals surface area contributed by atoms with Gasteiger partial charge in [0.2, 0.25) is 0 Å². The van der Waals surface area contributed by atoms with E-state index in [2.05, 4.69) is 10.6 Å². The number of hydrogen-bond acceptors (Lipinski definition) is 6. The second-order valence-corrected chi connectivity index (χ2v) is 9.80. The van der Waals surface area contributed by atoms with Crippen molar-refractivity contribution in [2.75, 3.05) is 31.5 Å². The second kappa shape index (κ2) is 12.6. The first-order chi connectivity index (χ1) is 18.4. The summed E-state index contributed by atoms with van der Waals surface area (Å²) >= 11 is 12.1. The van der Waals surface area contributed by atoms with Crippen LogP contribution >= 0.6 is 35.6 Å². The molecule has 2 N–H and O–H groups in total. The lowest BCUT2D eigenvalue weighted by Gasteiger charge is -2.22. The van der Waals surface area contributed by atoms with E-state index in [0.717, 1.165) is 53.7 Å². The van der Waals surface area contributed by atoms with Gasteiger partial charge in [-0.1, -0.05) is 23.2 Å². The van der Waals surface area contributed by atoms with E-state index in [1.807, 2.05) is 36.4 Å². The summed E-state index contributed by atoms with van der Waals surface area (Å²) in [4.78, 5) is 17.6. The number of carbonyl (C=O) groups excluding carboxylic acids is 1. The fourth-order valence-electron chi connectivity index (χ4n) is 4.64. The first kappa shape index (κ1) is 28.6. The molecule has 0 fully saturated rings. The third-order valence-electron chi connectivity index (χ3n) is 6.45. The normalized spacial score (nSPS) is 12.2. The van der Waals surface area contributed by atoms with E-state index >= 15 is 0 Å².